The van der Waals surface area contributed by atoms with Crippen molar-refractivity contribution in [3.8, 4) is 0 Å². The van der Waals surface area contributed by atoms with Gasteiger partial charge in [-0.05, 0) is 42.8 Å². The summed E-state index contributed by atoms with van der Waals surface area (Å²) in [6.07, 6.45) is 8.60. The molecule has 2 heteroatoms. The summed E-state index contributed by atoms with van der Waals surface area (Å²) in [7, 11) is 0. The first-order chi connectivity index (χ1) is 8.31. The first-order valence-electron chi connectivity index (χ1n) is 7.08. The summed E-state index contributed by atoms with van der Waals surface area (Å²) in [6, 6.07) is 2.91. The van der Waals surface area contributed by atoms with Crippen LogP contribution < -0.4 is 5.32 Å². The molecule has 1 fully saturated rings. The zero-order chi connectivity index (χ0) is 12.1. The monoisotopic (exact) mass is 251 g/mol. The van der Waals surface area contributed by atoms with Gasteiger partial charge in [0.2, 0.25) is 0 Å². The van der Waals surface area contributed by atoms with E-state index in [2.05, 4.69) is 30.6 Å². The highest BCUT2D eigenvalue weighted by molar-refractivity contribution is 7.10. The highest BCUT2D eigenvalue weighted by Gasteiger charge is 2.20. The molecule has 17 heavy (non-hydrogen) atoms. The lowest BCUT2D eigenvalue weighted by Gasteiger charge is -2.27. The Morgan fingerprint density at radius 2 is 2.12 bits per heavy atom. The van der Waals surface area contributed by atoms with Crippen LogP contribution in [0.4, 0.5) is 0 Å². The molecule has 1 N–H and O–H groups in total. The second-order valence-electron chi connectivity index (χ2n) is 5.28. The standard InChI is InChI=1S/C15H25NS/c1-3-16-15(14-9-10-17-12(14)2)11-13-7-5-4-6-8-13/h9-10,13,15-16H,3-8,11H2,1-2H3. The van der Waals surface area contributed by atoms with Gasteiger partial charge in [0.05, 0.1) is 0 Å². The summed E-state index contributed by atoms with van der Waals surface area (Å²) in [5, 5.41) is 5.91. The smallest absolute Gasteiger partial charge is 0.0333 e. The fraction of sp³-hybridized carbons (Fsp3) is 0.733. The largest absolute Gasteiger partial charge is 0.310 e. The van der Waals surface area contributed by atoms with Crippen molar-refractivity contribution in [1.29, 1.82) is 0 Å². The van der Waals surface area contributed by atoms with Crippen LogP contribution in [0.3, 0.4) is 0 Å². The third-order valence-electron chi connectivity index (χ3n) is 4.02. The Labute approximate surface area is 110 Å². The maximum absolute atomic E-state index is 3.68. The van der Waals surface area contributed by atoms with Gasteiger partial charge in [0.25, 0.3) is 0 Å². The van der Waals surface area contributed by atoms with E-state index in [0.717, 1.165) is 12.5 Å². The van der Waals surface area contributed by atoms with Crippen LogP contribution in [-0.4, -0.2) is 6.54 Å². The Bertz CT molecular complexity index is 325. The van der Waals surface area contributed by atoms with E-state index in [4.69, 9.17) is 0 Å². The second kappa shape index (κ2) is 6.55. The molecule has 1 saturated carbocycles. The molecule has 0 saturated heterocycles. The maximum Gasteiger partial charge on any atom is 0.0333 e. The summed E-state index contributed by atoms with van der Waals surface area (Å²) in [5.74, 6) is 0.951. The van der Waals surface area contributed by atoms with Crippen molar-refractivity contribution in [1.82, 2.24) is 5.32 Å². The van der Waals surface area contributed by atoms with Crippen LogP contribution in [0.2, 0.25) is 0 Å². The van der Waals surface area contributed by atoms with Crippen molar-refractivity contribution in [3.05, 3.63) is 21.9 Å². The van der Waals surface area contributed by atoms with Gasteiger partial charge in [-0.25, -0.2) is 0 Å². The minimum atomic E-state index is 0.592. The first kappa shape index (κ1) is 13.1. The van der Waals surface area contributed by atoms with Crippen molar-refractivity contribution < 1.29 is 0 Å². The molecule has 1 aromatic heterocycles. The predicted octanol–water partition coefficient (Wildman–Crippen LogP) is 4.68. The third-order valence-corrected chi connectivity index (χ3v) is 4.88. The minimum Gasteiger partial charge on any atom is -0.310 e. The SMILES string of the molecule is CCNC(CC1CCCCC1)c1ccsc1C. The van der Waals surface area contributed by atoms with Gasteiger partial charge in [0, 0.05) is 10.9 Å². The first-order valence-corrected chi connectivity index (χ1v) is 7.96. The average molecular weight is 251 g/mol. The van der Waals surface area contributed by atoms with E-state index < -0.39 is 0 Å². The summed E-state index contributed by atoms with van der Waals surface area (Å²) in [5.41, 5.74) is 1.54. The Hall–Kier alpha value is -0.340. The highest BCUT2D eigenvalue weighted by Crippen LogP contribution is 2.33. The number of rotatable bonds is 5. The van der Waals surface area contributed by atoms with Crippen molar-refractivity contribution in [2.75, 3.05) is 6.54 Å². The van der Waals surface area contributed by atoms with Crippen LogP contribution in [0.15, 0.2) is 11.4 Å². The van der Waals surface area contributed by atoms with E-state index in [1.165, 1.54) is 43.4 Å². The van der Waals surface area contributed by atoms with Crippen LogP contribution in [-0.2, 0) is 0 Å². The van der Waals surface area contributed by atoms with Crippen molar-refractivity contribution in [2.24, 2.45) is 5.92 Å². The Kier molecular flexibility index (Phi) is 5.05. The van der Waals surface area contributed by atoms with Crippen molar-refractivity contribution >= 4 is 11.3 Å². The van der Waals surface area contributed by atoms with Crippen LogP contribution in [0, 0.1) is 12.8 Å². The molecule has 1 aromatic rings. The van der Waals surface area contributed by atoms with Crippen LogP contribution in [0.5, 0.6) is 0 Å². The number of aryl methyl sites for hydroxylation is 1. The van der Waals surface area contributed by atoms with E-state index in [-0.39, 0.29) is 0 Å². The number of nitrogens with one attached hydrogen (secondary N) is 1. The van der Waals surface area contributed by atoms with Crippen LogP contribution in [0.1, 0.15) is 61.9 Å². The molecule has 0 radical (unpaired) electrons. The van der Waals surface area contributed by atoms with E-state index in [9.17, 15) is 0 Å². The fourth-order valence-electron chi connectivity index (χ4n) is 3.08. The van der Waals surface area contributed by atoms with Gasteiger partial charge < -0.3 is 5.32 Å². The average Bonchev–Trinajstić information content (AvgIpc) is 2.76. The van der Waals surface area contributed by atoms with Gasteiger partial charge in [0.1, 0.15) is 0 Å². The topological polar surface area (TPSA) is 12.0 Å². The molecule has 0 aromatic carbocycles. The highest BCUT2D eigenvalue weighted by atomic mass is 32.1. The van der Waals surface area contributed by atoms with Gasteiger partial charge in [0.15, 0.2) is 0 Å². The molecule has 0 spiro atoms. The Morgan fingerprint density at radius 3 is 2.71 bits per heavy atom. The summed E-state index contributed by atoms with van der Waals surface area (Å²) in [6.45, 7) is 5.55. The fourth-order valence-corrected chi connectivity index (χ4v) is 3.84. The van der Waals surface area contributed by atoms with E-state index in [0.29, 0.717) is 6.04 Å². The molecule has 1 unspecified atom stereocenters. The summed E-state index contributed by atoms with van der Waals surface area (Å²) >= 11 is 1.88. The second-order valence-corrected chi connectivity index (χ2v) is 6.40. The molecule has 1 aliphatic rings. The Balaban J connectivity index is 1.99. The molecule has 1 heterocycles. The normalized spacial score (nSPS) is 19.4. The van der Waals surface area contributed by atoms with Gasteiger partial charge in [-0.15, -0.1) is 11.3 Å². The van der Waals surface area contributed by atoms with Crippen molar-refractivity contribution in [2.45, 2.75) is 58.4 Å². The van der Waals surface area contributed by atoms with Gasteiger partial charge in [-0.3, -0.25) is 0 Å². The molecular formula is C15H25NS. The quantitative estimate of drug-likeness (QED) is 0.801. The molecule has 1 atom stereocenters. The van der Waals surface area contributed by atoms with Crippen molar-refractivity contribution in [3.63, 3.8) is 0 Å². The predicted molar refractivity (Wildman–Crippen MR) is 76.7 cm³/mol. The molecule has 2 rings (SSSR count). The van der Waals surface area contributed by atoms with Crippen LogP contribution in [0.25, 0.3) is 0 Å². The zero-order valence-corrected chi connectivity index (χ0v) is 12.0. The van der Waals surface area contributed by atoms with E-state index in [1.54, 1.807) is 5.56 Å². The van der Waals surface area contributed by atoms with Gasteiger partial charge >= 0.3 is 0 Å². The Morgan fingerprint density at radius 1 is 1.35 bits per heavy atom. The minimum absolute atomic E-state index is 0.592. The van der Waals surface area contributed by atoms with E-state index >= 15 is 0 Å². The molecule has 0 bridgehead atoms. The molecule has 0 amide bonds. The van der Waals surface area contributed by atoms with E-state index in [1.807, 2.05) is 11.3 Å². The molecule has 1 aliphatic carbocycles. The number of thiophene rings is 1. The lowest BCUT2D eigenvalue weighted by molar-refractivity contribution is 0.301. The lowest BCUT2D eigenvalue weighted by atomic mass is 9.83. The summed E-state index contributed by atoms with van der Waals surface area (Å²) < 4.78 is 0. The maximum atomic E-state index is 3.68. The van der Waals surface area contributed by atoms with Gasteiger partial charge in [-0.1, -0.05) is 39.0 Å². The molecule has 0 aliphatic heterocycles. The van der Waals surface area contributed by atoms with Crippen LogP contribution >= 0.6 is 11.3 Å². The third kappa shape index (κ3) is 3.56. The molecular weight excluding hydrogens is 226 g/mol. The molecule has 1 nitrogen and oxygen atoms in total. The molecule has 96 valence electrons. The lowest BCUT2D eigenvalue weighted by Crippen LogP contribution is -2.24. The zero-order valence-electron chi connectivity index (χ0n) is 11.2. The number of hydrogen-bond donors (Lipinski definition) is 1. The van der Waals surface area contributed by atoms with Gasteiger partial charge in [-0.2, -0.15) is 0 Å². The number of hydrogen-bond acceptors (Lipinski definition) is 2. The summed E-state index contributed by atoms with van der Waals surface area (Å²) in [4.78, 5) is 1.49.